The molecule has 74 valence electrons. The molecule has 0 heterocycles. The maximum Gasteiger partial charge on any atom is 0.105 e. The second-order valence-electron chi connectivity index (χ2n) is 4.87. The van der Waals surface area contributed by atoms with E-state index < -0.39 is 0 Å². The number of hydrogen-bond acceptors (Lipinski definition) is 0. The highest BCUT2D eigenvalue weighted by Gasteiger charge is 2.19. The predicted octanol–water partition coefficient (Wildman–Crippen LogP) is 3.07. The van der Waals surface area contributed by atoms with Crippen LogP contribution in [-0.2, 0) is 0 Å². The van der Waals surface area contributed by atoms with Crippen LogP contribution in [0.1, 0.15) is 42.7 Å². The monoisotopic (exact) mass is 186 g/mol. The van der Waals surface area contributed by atoms with Crippen molar-refractivity contribution < 1.29 is 0 Å². The lowest BCUT2D eigenvalue weighted by Crippen LogP contribution is -2.09. The molecule has 0 saturated heterocycles. The standard InChI is InChI=1S/C13H19B/c1-10-3-2-4-12(9-10)11-5-7-13(14)8-6-11/h2-4,9,11,13H,5-8,14H2,1H3. The third-order valence-electron chi connectivity index (χ3n) is 3.53. The van der Waals surface area contributed by atoms with Gasteiger partial charge in [-0.15, -0.1) is 0 Å². The van der Waals surface area contributed by atoms with E-state index in [1.807, 2.05) is 0 Å². The molecule has 2 rings (SSSR count). The summed E-state index contributed by atoms with van der Waals surface area (Å²) in [6, 6.07) is 9.05. The van der Waals surface area contributed by atoms with Gasteiger partial charge in [-0.05, 0) is 31.2 Å². The summed E-state index contributed by atoms with van der Waals surface area (Å²) in [5, 5.41) is 0. The van der Waals surface area contributed by atoms with Crippen LogP contribution in [0.3, 0.4) is 0 Å². The number of hydrogen-bond donors (Lipinski definition) is 0. The minimum Gasteiger partial charge on any atom is -0.0697 e. The van der Waals surface area contributed by atoms with Crippen molar-refractivity contribution in [3.63, 3.8) is 0 Å². The molecule has 0 bridgehead atoms. The molecule has 0 unspecified atom stereocenters. The van der Waals surface area contributed by atoms with Crippen molar-refractivity contribution in [1.82, 2.24) is 0 Å². The predicted molar refractivity (Wildman–Crippen MR) is 64.7 cm³/mol. The first-order valence-corrected chi connectivity index (χ1v) is 5.82. The number of rotatable bonds is 1. The van der Waals surface area contributed by atoms with Crippen molar-refractivity contribution in [3.8, 4) is 0 Å². The van der Waals surface area contributed by atoms with Crippen molar-refractivity contribution >= 4 is 7.85 Å². The van der Waals surface area contributed by atoms with E-state index in [0.29, 0.717) is 0 Å². The molecule has 0 aliphatic heterocycles. The lowest BCUT2D eigenvalue weighted by Gasteiger charge is -2.26. The van der Waals surface area contributed by atoms with E-state index in [4.69, 9.17) is 0 Å². The van der Waals surface area contributed by atoms with Crippen LogP contribution in [0, 0.1) is 6.92 Å². The summed E-state index contributed by atoms with van der Waals surface area (Å²) in [4.78, 5) is 0. The first kappa shape index (κ1) is 9.83. The van der Waals surface area contributed by atoms with Gasteiger partial charge in [-0.1, -0.05) is 48.5 Å². The molecule has 1 aromatic rings. The fourth-order valence-electron chi connectivity index (χ4n) is 2.52. The molecule has 0 N–H and O–H groups in total. The van der Waals surface area contributed by atoms with Gasteiger partial charge in [-0.3, -0.25) is 0 Å². The maximum atomic E-state index is 2.38. The van der Waals surface area contributed by atoms with Crippen molar-refractivity contribution in [1.29, 1.82) is 0 Å². The summed E-state index contributed by atoms with van der Waals surface area (Å²) in [5.41, 5.74) is 2.97. The van der Waals surface area contributed by atoms with E-state index >= 15 is 0 Å². The molecular weight excluding hydrogens is 167 g/mol. The van der Waals surface area contributed by atoms with Crippen LogP contribution in [0.2, 0.25) is 5.82 Å². The molecule has 0 nitrogen and oxygen atoms in total. The SMILES string of the molecule is BC1CCC(c2cccc(C)c2)CC1. The highest BCUT2D eigenvalue weighted by Crippen LogP contribution is 2.36. The van der Waals surface area contributed by atoms with Crippen molar-refractivity contribution in [2.24, 2.45) is 0 Å². The number of benzene rings is 1. The molecule has 1 saturated carbocycles. The minimum absolute atomic E-state index is 0.839. The van der Waals surface area contributed by atoms with Crippen molar-refractivity contribution in [2.45, 2.75) is 44.3 Å². The van der Waals surface area contributed by atoms with Gasteiger partial charge in [0.05, 0.1) is 0 Å². The summed E-state index contributed by atoms with van der Waals surface area (Å²) in [6.07, 6.45) is 5.62. The van der Waals surface area contributed by atoms with E-state index in [-0.39, 0.29) is 0 Å². The quantitative estimate of drug-likeness (QED) is 0.591. The van der Waals surface area contributed by atoms with E-state index in [2.05, 4.69) is 39.0 Å². The molecule has 1 aromatic carbocycles. The van der Waals surface area contributed by atoms with Gasteiger partial charge in [-0.25, -0.2) is 0 Å². The molecule has 0 atom stereocenters. The van der Waals surface area contributed by atoms with E-state index in [9.17, 15) is 0 Å². The Morgan fingerprint density at radius 2 is 1.86 bits per heavy atom. The topological polar surface area (TPSA) is 0 Å². The Hall–Kier alpha value is -0.715. The Morgan fingerprint density at radius 3 is 2.50 bits per heavy atom. The Kier molecular flexibility index (Phi) is 2.95. The zero-order valence-electron chi connectivity index (χ0n) is 9.29. The summed E-state index contributed by atoms with van der Waals surface area (Å²) in [6.45, 7) is 2.19. The maximum absolute atomic E-state index is 2.38. The first-order chi connectivity index (χ1) is 6.75. The molecule has 0 amide bonds. The van der Waals surface area contributed by atoms with Gasteiger partial charge in [0.15, 0.2) is 0 Å². The lowest BCUT2D eigenvalue weighted by atomic mass is 9.70. The van der Waals surface area contributed by atoms with E-state index in [1.54, 1.807) is 5.56 Å². The fourth-order valence-corrected chi connectivity index (χ4v) is 2.52. The molecule has 0 aromatic heterocycles. The molecule has 0 spiro atoms. The molecule has 1 aliphatic rings. The van der Waals surface area contributed by atoms with E-state index in [1.165, 1.54) is 31.2 Å². The Balaban J connectivity index is 2.08. The molecule has 0 radical (unpaired) electrons. The first-order valence-electron chi connectivity index (χ1n) is 5.82. The zero-order valence-corrected chi connectivity index (χ0v) is 9.29. The fraction of sp³-hybridized carbons (Fsp3) is 0.538. The summed E-state index contributed by atoms with van der Waals surface area (Å²) < 4.78 is 0. The zero-order chi connectivity index (χ0) is 9.97. The van der Waals surface area contributed by atoms with Gasteiger partial charge in [0, 0.05) is 0 Å². The molecule has 1 heteroatoms. The van der Waals surface area contributed by atoms with Gasteiger partial charge >= 0.3 is 0 Å². The smallest absolute Gasteiger partial charge is 0.0697 e. The highest BCUT2D eigenvalue weighted by molar-refractivity contribution is 6.11. The summed E-state index contributed by atoms with van der Waals surface area (Å²) >= 11 is 0. The second kappa shape index (κ2) is 4.21. The highest BCUT2D eigenvalue weighted by atomic mass is 14.2. The summed E-state index contributed by atoms with van der Waals surface area (Å²) in [7, 11) is 2.38. The minimum atomic E-state index is 0.839. The Morgan fingerprint density at radius 1 is 1.14 bits per heavy atom. The van der Waals surface area contributed by atoms with Crippen molar-refractivity contribution in [3.05, 3.63) is 35.4 Å². The van der Waals surface area contributed by atoms with Gasteiger partial charge < -0.3 is 0 Å². The van der Waals surface area contributed by atoms with Gasteiger partial charge in [0.2, 0.25) is 0 Å². The van der Waals surface area contributed by atoms with E-state index in [0.717, 1.165) is 11.7 Å². The van der Waals surface area contributed by atoms with Gasteiger partial charge in [0.25, 0.3) is 0 Å². The van der Waals surface area contributed by atoms with Gasteiger partial charge in [0.1, 0.15) is 7.85 Å². The van der Waals surface area contributed by atoms with Crippen LogP contribution in [0.4, 0.5) is 0 Å². The van der Waals surface area contributed by atoms with Crippen LogP contribution >= 0.6 is 0 Å². The van der Waals surface area contributed by atoms with Crippen LogP contribution in [-0.4, -0.2) is 7.85 Å². The van der Waals surface area contributed by atoms with Crippen LogP contribution in [0.15, 0.2) is 24.3 Å². The lowest BCUT2D eigenvalue weighted by molar-refractivity contribution is 0.444. The second-order valence-corrected chi connectivity index (χ2v) is 4.87. The van der Waals surface area contributed by atoms with Crippen LogP contribution < -0.4 is 0 Å². The molecule has 1 fully saturated rings. The summed E-state index contributed by atoms with van der Waals surface area (Å²) in [5.74, 6) is 1.79. The third-order valence-corrected chi connectivity index (χ3v) is 3.53. The Labute approximate surface area is 88.1 Å². The van der Waals surface area contributed by atoms with Crippen LogP contribution in [0.5, 0.6) is 0 Å². The normalized spacial score (nSPS) is 27.5. The molecule has 1 aliphatic carbocycles. The van der Waals surface area contributed by atoms with Gasteiger partial charge in [-0.2, -0.15) is 0 Å². The Bertz CT molecular complexity index is 298. The van der Waals surface area contributed by atoms with Crippen LogP contribution in [0.25, 0.3) is 0 Å². The third kappa shape index (κ3) is 2.20. The molecule has 14 heavy (non-hydrogen) atoms. The van der Waals surface area contributed by atoms with Crippen molar-refractivity contribution in [2.75, 3.05) is 0 Å². The largest absolute Gasteiger partial charge is 0.105 e. The number of aryl methyl sites for hydroxylation is 1. The molecular formula is C13H19B. The average Bonchev–Trinajstić information content (AvgIpc) is 2.19. The average molecular weight is 186 g/mol.